The van der Waals surface area contributed by atoms with E-state index in [1.165, 1.54) is 6.42 Å². The van der Waals surface area contributed by atoms with Crippen LogP contribution >= 0.6 is 0 Å². The van der Waals surface area contributed by atoms with Crippen LogP contribution in [0.25, 0.3) is 0 Å². The fourth-order valence-corrected chi connectivity index (χ4v) is 1.80. The number of aliphatic imine (C=N–C) groups is 1. The lowest BCUT2D eigenvalue weighted by atomic mass is 10.2. The molecule has 1 aromatic rings. The molecule has 0 aromatic heterocycles. The molecule has 4 heteroatoms. The molecule has 0 heterocycles. The van der Waals surface area contributed by atoms with E-state index in [-0.39, 0.29) is 0 Å². The van der Waals surface area contributed by atoms with Gasteiger partial charge >= 0.3 is 0 Å². The van der Waals surface area contributed by atoms with Crippen molar-refractivity contribution in [2.75, 3.05) is 19.7 Å². The van der Waals surface area contributed by atoms with Gasteiger partial charge in [0.15, 0.2) is 5.96 Å². The normalized spacial score (nSPS) is 11.2. The molecule has 0 saturated heterocycles. The van der Waals surface area contributed by atoms with Gasteiger partial charge in [0.2, 0.25) is 0 Å². The molecule has 2 N–H and O–H groups in total. The van der Waals surface area contributed by atoms with Gasteiger partial charge in [-0.15, -0.1) is 0 Å². The van der Waals surface area contributed by atoms with Crippen LogP contribution in [0.4, 0.5) is 0 Å². The molecule has 0 aliphatic carbocycles. The number of ether oxygens (including phenoxy) is 1. The molecule has 0 amide bonds. The number of nitrogens with one attached hydrogen (secondary N) is 2. The summed E-state index contributed by atoms with van der Waals surface area (Å²) in [7, 11) is 0. The van der Waals surface area contributed by atoms with Gasteiger partial charge < -0.3 is 15.4 Å². The highest BCUT2D eigenvalue weighted by atomic mass is 16.5. The maximum Gasteiger partial charge on any atom is 0.191 e. The van der Waals surface area contributed by atoms with Gasteiger partial charge in [0.25, 0.3) is 0 Å². The minimum Gasteiger partial charge on any atom is -0.494 e. The summed E-state index contributed by atoms with van der Waals surface area (Å²) in [5.74, 6) is 1.78. The van der Waals surface area contributed by atoms with E-state index in [4.69, 9.17) is 4.74 Å². The molecule has 0 spiro atoms. The van der Waals surface area contributed by atoms with Gasteiger partial charge in [0, 0.05) is 13.1 Å². The Balaban J connectivity index is 2.58. The van der Waals surface area contributed by atoms with Gasteiger partial charge in [-0.05, 0) is 38.0 Å². The zero-order valence-corrected chi connectivity index (χ0v) is 12.9. The molecule has 0 unspecified atom stereocenters. The van der Waals surface area contributed by atoms with Gasteiger partial charge in [-0.1, -0.05) is 25.5 Å². The van der Waals surface area contributed by atoms with Crippen LogP contribution in [0.2, 0.25) is 0 Å². The smallest absolute Gasteiger partial charge is 0.191 e. The minimum atomic E-state index is 0.655. The lowest BCUT2D eigenvalue weighted by Gasteiger charge is -2.11. The van der Waals surface area contributed by atoms with Crippen molar-refractivity contribution in [3.63, 3.8) is 0 Å². The van der Waals surface area contributed by atoms with E-state index in [1.54, 1.807) is 0 Å². The quantitative estimate of drug-likeness (QED) is 0.436. The number of unbranched alkanes of at least 4 members (excludes halogenated alkanes) is 1. The molecular weight excluding hydrogens is 250 g/mol. The molecule has 1 rings (SSSR count). The van der Waals surface area contributed by atoms with Crippen molar-refractivity contribution in [1.29, 1.82) is 0 Å². The van der Waals surface area contributed by atoms with Crippen molar-refractivity contribution >= 4 is 5.96 Å². The first kappa shape index (κ1) is 16.3. The summed E-state index contributed by atoms with van der Waals surface area (Å²) < 4.78 is 5.50. The fourth-order valence-electron chi connectivity index (χ4n) is 1.80. The van der Waals surface area contributed by atoms with E-state index < -0.39 is 0 Å². The second kappa shape index (κ2) is 10.1. The Morgan fingerprint density at radius 2 is 2.05 bits per heavy atom. The first-order chi connectivity index (χ1) is 9.80. The van der Waals surface area contributed by atoms with Crippen LogP contribution in [-0.2, 0) is 6.54 Å². The summed E-state index contributed by atoms with van der Waals surface area (Å²) in [6.45, 7) is 9.43. The SMILES string of the molecule is CCCCNC(=NCc1cccc(OCC)c1)NCC. The molecule has 0 bridgehead atoms. The number of guanidine groups is 1. The zero-order chi connectivity index (χ0) is 14.6. The average molecular weight is 277 g/mol. The van der Waals surface area contributed by atoms with Crippen LogP contribution in [0.3, 0.4) is 0 Å². The van der Waals surface area contributed by atoms with Gasteiger partial charge in [-0.2, -0.15) is 0 Å². The van der Waals surface area contributed by atoms with Crippen LogP contribution in [0.5, 0.6) is 5.75 Å². The summed E-state index contributed by atoms with van der Waals surface area (Å²) in [4.78, 5) is 4.60. The number of rotatable bonds is 8. The van der Waals surface area contributed by atoms with E-state index in [1.807, 2.05) is 25.1 Å². The third-order valence-corrected chi connectivity index (χ3v) is 2.80. The van der Waals surface area contributed by atoms with E-state index >= 15 is 0 Å². The predicted molar refractivity (Wildman–Crippen MR) is 85.3 cm³/mol. The Hall–Kier alpha value is -1.71. The highest BCUT2D eigenvalue weighted by Gasteiger charge is 1.98. The average Bonchev–Trinajstić information content (AvgIpc) is 2.46. The number of hydrogen-bond donors (Lipinski definition) is 2. The largest absolute Gasteiger partial charge is 0.494 e. The van der Waals surface area contributed by atoms with Gasteiger partial charge in [-0.25, -0.2) is 4.99 Å². The fraction of sp³-hybridized carbons (Fsp3) is 0.562. The Morgan fingerprint density at radius 1 is 1.20 bits per heavy atom. The second-order valence-corrected chi connectivity index (χ2v) is 4.56. The van der Waals surface area contributed by atoms with Gasteiger partial charge in [0.05, 0.1) is 13.2 Å². The van der Waals surface area contributed by atoms with E-state index in [9.17, 15) is 0 Å². The summed E-state index contributed by atoms with van der Waals surface area (Å²) in [5.41, 5.74) is 1.16. The predicted octanol–water partition coefficient (Wildman–Crippen LogP) is 2.94. The molecular formula is C16H27N3O. The molecule has 0 aliphatic rings. The van der Waals surface area contributed by atoms with Crippen molar-refractivity contribution in [3.05, 3.63) is 29.8 Å². The van der Waals surface area contributed by atoms with E-state index in [0.717, 1.165) is 36.8 Å². The van der Waals surface area contributed by atoms with Crippen molar-refractivity contribution in [3.8, 4) is 5.75 Å². The Morgan fingerprint density at radius 3 is 2.75 bits per heavy atom. The third kappa shape index (κ3) is 6.45. The van der Waals surface area contributed by atoms with Crippen LogP contribution in [0.1, 0.15) is 39.2 Å². The summed E-state index contributed by atoms with van der Waals surface area (Å²) in [6, 6.07) is 8.10. The molecule has 4 nitrogen and oxygen atoms in total. The van der Waals surface area contributed by atoms with Crippen molar-refractivity contribution in [2.24, 2.45) is 4.99 Å². The molecule has 0 aliphatic heterocycles. The first-order valence-corrected chi connectivity index (χ1v) is 7.54. The van der Waals surface area contributed by atoms with Crippen LogP contribution in [0.15, 0.2) is 29.3 Å². The molecule has 0 fully saturated rings. The Kier molecular flexibility index (Phi) is 8.27. The number of benzene rings is 1. The van der Waals surface area contributed by atoms with Crippen molar-refractivity contribution in [1.82, 2.24) is 10.6 Å². The van der Waals surface area contributed by atoms with Crippen LogP contribution in [0, 0.1) is 0 Å². The Labute approximate surface area is 122 Å². The maximum atomic E-state index is 5.50. The summed E-state index contributed by atoms with van der Waals surface area (Å²) in [5, 5.41) is 6.60. The summed E-state index contributed by atoms with van der Waals surface area (Å²) in [6.07, 6.45) is 2.34. The van der Waals surface area contributed by atoms with Gasteiger partial charge in [0.1, 0.15) is 5.75 Å². The molecule has 1 aromatic carbocycles. The number of nitrogens with zero attached hydrogens (tertiary/aromatic N) is 1. The maximum absolute atomic E-state index is 5.50. The van der Waals surface area contributed by atoms with Crippen LogP contribution < -0.4 is 15.4 Å². The monoisotopic (exact) mass is 277 g/mol. The second-order valence-electron chi connectivity index (χ2n) is 4.56. The van der Waals surface area contributed by atoms with Gasteiger partial charge in [-0.3, -0.25) is 0 Å². The van der Waals surface area contributed by atoms with Crippen molar-refractivity contribution in [2.45, 2.75) is 40.2 Å². The topological polar surface area (TPSA) is 45.7 Å². The molecule has 0 saturated carbocycles. The first-order valence-electron chi connectivity index (χ1n) is 7.54. The third-order valence-electron chi connectivity index (χ3n) is 2.80. The molecule has 0 radical (unpaired) electrons. The number of hydrogen-bond acceptors (Lipinski definition) is 2. The summed E-state index contributed by atoms with van der Waals surface area (Å²) >= 11 is 0. The Bertz CT molecular complexity index is 404. The molecule has 20 heavy (non-hydrogen) atoms. The van der Waals surface area contributed by atoms with Crippen LogP contribution in [-0.4, -0.2) is 25.7 Å². The van der Waals surface area contributed by atoms with E-state index in [2.05, 4.69) is 35.5 Å². The highest BCUT2D eigenvalue weighted by molar-refractivity contribution is 5.79. The minimum absolute atomic E-state index is 0.655. The standard InChI is InChI=1S/C16H27N3O/c1-4-7-11-18-16(17-5-2)19-13-14-9-8-10-15(12-14)20-6-3/h8-10,12H,4-7,11,13H2,1-3H3,(H2,17,18,19). The lowest BCUT2D eigenvalue weighted by molar-refractivity contribution is 0.340. The molecule has 0 atom stereocenters. The van der Waals surface area contributed by atoms with Crippen molar-refractivity contribution < 1.29 is 4.74 Å². The zero-order valence-electron chi connectivity index (χ0n) is 12.9. The lowest BCUT2D eigenvalue weighted by Crippen LogP contribution is -2.37. The molecule has 112 valence electrons. The van der Waals surface area contributed by atoms with E-state index in [0.29, 0.717) is 13.2 Å². The highest BCUT2D eigenvalue weighted by Crippen LogP contribution is 2.13.